The average molecular weight is 191 g/mol. The third-order valence-electron chi connectivity index (χ3n) is 2.44. The van der Waals surface area contributed by atoms with Crippen molar-refractivity contribution in [2.75, 3.05) is 5.32 Å². The topological polar surface area (TPSA) is 12.0 Å². The predicted molar refractivity (Wildman–Crippen MR) is 57.8 cm³/mol. The fourth-order valence-corrected chi connectivity index (χ4v) is 1.97. The summed E-state index contributed by atoms with van der Waals surface area (Å²) < 4.78 is 13.0. The number of rotatable bonds is 0. The Morgan fingerprint density at radius 2 is 2.00 bits per heavy atom. The van der Waals surface area contributed by atoms with Crippen LogP contribution in [0.3, 0.4) is 0 Å². The molecule has 0 saturated carbocycles. The minimum absolute atomic E-state index is 0.0924. The van der Waals surface area contributed by atoms with Gasteiger partial charge in [-0.3, -0.25) is 0 Å². The summed E-state index contributed by atoms with van der Waals surface area (Å²) in [6.45, 7) is 6.20. The van der Waals surface area contributed by atoms with Gasteiger partial charge in [0.15, 0.2) is 0 Å². The van der Waals surface area contributed by atoms with Crippen molar-refractivity contribution >= 4 is 11.3 Å². The lowest BCUT2D eigenvalue weighted by Crippen LogP contribution is -2.31. The Kier molecular flexibility index (Phi) is 1.88. The molecule has 1 nitrogen and oxygen atoms in total. The molecule has 0 spiro atoms. The fraction of sp³-hybridized carbons (Fsp3) is 0.333. The maximum Gasteiger partial charge on any atom is 0.125 e. The second kappa shape index (κ2) is 2.84. The van der Waals surface area contributed by atoms with Crippen molar-refractivity contribution < 1.29 is 4.39 Å². The predicted octanol–water partition coefficient (Wildman–Crippen LogP) is 3.43. The quantitative estimate of drug-likeness (QED) is 0.662. The molecule has 1 aliphatic rings. The molecular formula is C12H14FN. The number of hydrogen-bond acceptors (Lipinski definition) is 1. The van der Waals surface area contributed by atoms with Crippen LogP contribution in [0.4, 0.5) is 10.1 Å². The van der Waals surface area contributed by atoms with E-state index in [1.165, 1.54) is 11.6 Å². The number of halogens is 1. The Morgan fingerprint density at radius 1 is 1.29 bits per heavy atom. The number of nitrogens with one attached hydrogen (secondary N) is 1. The van der Waals surface area contributed by atoms with Crippen LogP contribution in [0.1, 0.15) is 26.3 Å². The van der Waals surface area contributed by atoms with Gasteiger partial charge in [0.2, 0.25) is 0 Å². The molecule has 0 aromatic heterocycles. The van der Waals surface area contributed by atoms with Gasteiger partial charge < -0.3 is 5.32 Å². The van der Waals surface area contributed by atoms with Crippen molar-refractivity contribution in [3.05, 3.63) is 35.7 Å². The summed E-state index contributed by atoms with van der Waals surface area (Å²) in [6.07, 6.45) is 2.16. The SMILES string of the molecule is CC1=CC(C)(C)Nc2cc(F)ccc21. The zero-order valence-electron chi connectivity index (χ0n) is 8.69. The summed E-state index contributed by atoms with van der Waals surface area (Å²) in [5, 5.41) is 3.29. The molecule has 74 valence electrons. The number of benzene rings is 1. The molecule has 1 aliphatic heterocycles. The van der Waals surface area contributed by atoms with E-state index in [0.29, 0.717) is 0 Å². The van der Waals surface area contributed by atoms with Crippen LogP contribution in [0.15, 0.2) is 24.3 Å². The van der Waals surface area contributed by atoms with E-state index in [2.05, 4.69) is 32.2 Å². The molecule has 0 radical (unpaired) electrons. The minimum Gasteiger partial charge on any atom is -0.376 e. The lowest BCUT2D eigenvalue weighted by atomic mass is 9.91. The summed E-state index contributed by atoms with van der Waals surface area (Å²) in [7, 11) is 0. The van der Waals surface area contributed by atoms with Crippen LogP contribution >= 0.6 is 0 Å². The van der Waals surface area contributed by atoms with Crippen molar-refractivity contribution in [3.8, 4) is 0 Å². The number of fused-ring (bicyclic) bond motifs is 1. The smallest absolute Gasteiger partial charge is 0.125 e. The van der Waals surface area contributed by atoms with E-state index in [1.807, 2.05) is 6.07 Å². The van der Waals surface area contributed by atoms with Crippen molar-refractivity contribution in [1.29, 1.82) is 0 Å². The first-order valence-electron chi connectivity index (χ1n) is 4.75. The normalized spacial score (nSPS) is 18.1. The number of allylic oxidation sites excluding steroid dienone is 1. The molecular weight excluding hydrogens is 177 g/mol. The van der Waals surface area contributed by atoms with Crippen LogP contribution in [0.2, 0.25) is 0 Å². The van der Waals surface area contributed by atoms with Gasteiger partial charge in [0.1, 0.15) is 5.82 Å². The van der Waals surface area contributed by atoms with E-state index >= 15 is 0 Å². The largest absolute Gasteiger partial charge is 0.376 e. The molecule has 2 heteroatoms. The molecule has 0 fully saturated rings. The van der Waals surface area contributed by atoms with E-state index in [0.717, 1.165) is 11.3 Å². The van der Waals surface area contributed by atoms with E-state index in [-0.39, 0.29) is 11.4 Å². The third-order valence-corrected chi connectivity index (χ3v) is 2.44. The van der Waals surface area contributed by atoms with E-state index in [1.54, 1.807) is 6.07 Å². The van der Waals surface area contributed by atoms with Crippen LogP contribution in [0.25, 0.3) is 5.57 Å². The van der Waals surface area contributed by atoms with Gasteiger partial charge in [-0.25, -0.2) is 4.39 Å². The zero-order valence-corrected chi connectivity index (χ0v) is 8.69. The zero-order chi connectivity index (χ0) is 10.3. The van der Waals surface area contributed by atoms with Crippen molar-refractivity contribution in [2.24, 2.45) is 0 Å². The molecule has 14 heavy (non-hydrogen) atoms. The molecule has 0 amide bonds. The van der Waals surface area contributed by atoms with Crippen molar-refractivity contribution in [2.45, 2.75) is 26.3 Å². The highest BCUT2D eigenvalue weighted by atomic mass is 19.1. The van der Waals surface area contributed by atoms with E-state index in [4.69, 9.17) is 0 Å². The fourth-order valence-electron chi connectivity index (χ4n) is 1.97. The highest BCUT2D eigenvalue weighted by Crippen LogP contribution is 2.33. The lowest BCUT2D eigenvalue weighted by molar-refractivity contribution is 0.625. The molecule has 1 aromatic carbocycles. The van der Waals surface area contributed by atoms with Crippen LogP contribution in [0.5, 0.6) is 0 Å². The van der Waals surface area contributed by atoms with Crippen LogP contribution in [-0.2, 0) is 0 Å². The van der Waals surface area contributed by atoms with E-state index in [9.17, 15) is 4.39 Å². The van der Waals surface area contributed by atoms with Crippen LogP contribution < -0.4 is 5.32 Å². The van der Waals surface area contributed by atoms with Gasteiger partial charge >= 0.3 is 0 Å². The lowest BCUT2D eigenvalue weighted by Gasteiger charge is -2.31. The first-order valence-corrected chi connectivity index (χ1v) is 4.75. The second-order valence-electron chi connectivity index (χ2n) is 4.36. The standard InChI is InChI=1S/C12H14FN/c1-8-7-12(2,3)14-11-6-9(13)4-5-10(8)11/h4-7,14H,1-3H3. The Bertz CT molecular complexity index is 405. The summed E-state index contributed by atoms with van der Waals surface area (Å²) in [5.74, 6) is -0.193. The molecule has 0 atom stereocenters. The van der Waals surface area contributed by atoms with Gasteiger partial charge in [-0.15, -0.1) is 0 Å². The van der Waals surface area contributed by atoms with Crippen molar-refractivity contribution in [3.63, 3.8) is 0 Å². The Hall–Kier alpha value is -1.31. The third kappa shape index (κ3) is 1.52. The second-order valence-corrected chi connectivity index (χ2v) is 4.36. The van der Waals surface area contributed by atoms with Crippen molar-refractivity contribution in [1.82, 2.24) is 0 Å². The monoisotopic (exact) mass is 191 g/mol. The molecule has 0 bridgehead atoms. The first-order chi connectivity index (χ1) is 6.48. The summed E-state index contributed by atoms with van der Waals surface area (Å²) in [4.78, 5) is 0. The number of hydrogen-bond donors (Lipinski definition) is 1. The van der Waals surface area contributed by atoms with Gasteiger partial charge in [-0.2, -0.15) is 0 Å². The van der Waals surface area contributed by atoms with Gasteiger partial charge in [-0.05, 0) is 44.5 Å². The molecule has 1 aromatic rings. The number of anilines is 1. The maximum atomic E-state index is 13.0. The molecule has 0 aliphatic carbocycles. The summed E-state index contributed by atoms with van der Waals surface area (Å²) >= 11 is 0. The molecule has 1 N–H and O–H groups in total. The molecule has 1 heterocycles. The Morgan fingerprint density at radius 3 is 2.71 bits per heavy atom. The average Bonchev–Trinajstić information content (AvgIpc) is 2.00. The molecule has 0 unspecified atom stereocenters. The highest BCUT2D eigenvalue weighted by Gasteiger charge is 2.22. The Labute approximate surface area is 83.6 Å². The summed E-state index contributed by atoms with van der Waals surface area (Å²) in [6, 6.07) is 4.86. The molecule has 0 saturated heterocycles. The highest BCUT2D eigenvalue weighted by molar-refractivity contribution is 5.79. The van der Waals surface area contributed by atoms with Gasteiger partial charge in [-0.1, -0.05) is 6.08 Å². The van der Waals surface area contributed by atoms with Gasteiger partial charge in [0, 0.05) is 11.3 Å². The Balaban J connectivity index is 2.56. The van der Waals surface area contributed by atoms with Crippen LogP contribution in [0, 0.1) is 5.82 Å². The maximum absolute atomic E-state index is 13.0. The van der Waals surface area contributed by atoms with Crippen LogP contribution in [-0.4, -0.2) is 5.54 Å². The van der Waals surface area contributed by atoms with Gasteiger partial charge in [0.25, 0.3) is 0 Å². The minimum atomic E-state index is -0.193. The molecule has 2 rings (SSSR count). The van der Waals surface area contributed by atoms with E-state index < -0.39 is 0 Å². The first kappa shape index (κ1) is 9.25. The van der Waals surface area contributed by atoms with Gasteiger partial charge in [0.05, 0.1) is 5.54 Å². The summed E-state index contributed by atoms with van der Waals surface area (Å²) in [5.41, 5.74) is 3.08.